The molecule has 0 saturated carbocycles. The van der Waals surface area contributed by atoms with Crippen LogP contribution in [0.1, 0.15) is 0 Å². The van der Waals surface area contributed by atoms with Crippen LogP contribution in [0.25, 0.3) is 88.9 Å². The molecule has 224 valence electrons. The molecule has 6 aromatic carbocycles. The Kier molecular flexibility index (Phi) is 6.76. The Morgan fingerprint density at radius 1 is 0.354 bits per heavy atom. The number of pyridine rings is 2. The third-order valence-electron chi connectivity index (χ3n) is 8.94. The van der Waals surface area contributed by atoms with E-state index in [9.17, 15) is 0 Å². The molecule has 3 aromatic heterocycles. The van der Waals surface area contributed by atoms with Crippen LogP contribution < -0.4 is 0 Å². The van der Waals surface area contributed by atoms with E-state index in [0.29, 0.717) is 5.82 Å². The van der Waals surface area contributed by atoms with E-state index in [1.807, 2.05) is 48.7 Å². The van der Waals surface area contributed by atoms with Crippen LogP contribution in [-0.2, 0) is 0 Å². The number of para-hydroxylation sites is 1. The maximum absolute atomic E-state index is 5.13. The summed E-state index contributed by atoms with van der Waals surface area (Å²) in [6.07, 6.45) is 1.90. The number of aromatic nitrogens is 4. The predicted octanol–water partition coefficient (Wildman–Crippen LogP) is 11.1. The van der Waals surface area contributed by atoms with Gasteiger partial charge >= 0.3 is 0 Å². The molecule has 0 aliphatic heterocycles. The Bertz CT molecular complexity index is 2560. The Morgan fingerprint density at radius 3 is 1.71 bits per heavy atom. The van der Waals surface area contributed by atoms with Crippen molar-refractivity contribution in [2.24, 2.45) is 0 Å². The third kappa shape index (κ3) is 4.97. The minimum absolute atomic E-state index is 0.674. The molecule has 4 heteroatoms. The molecule has 0 saturated heterocycles. The number of hydrogen-bond donors (Lipinski definition) is 0. The van der Waals surface area contributed by atoms with Gasteiger partial charge in [0, 0.05) is 39.0 Å². The lowest BCUT2D eigenvalue weighted by Crippen LogP contribution is -1.97. The first kappa shape index (κ1) is 27.8. The average Bonchev–Trinajstić information content (AvgIpc) is 3.18. The van der Waals surface area contributed by atoms with E-state index in [2.05, 4.69) is 121 Å². The Morgan fingerprint density at radius 2 is 0.958 bits per heavy atom. The van der Waals surface area contributed by atoms with Crippen molar-refractivity contribution in [1.29, 1.82) is 0 Å². The van der Waals surface area contributed by atoms with Crippen LogP contribution in [0.2, 0.25) is 0 Å². The standard InChI is InChI=1S/C44H28N4/c1-3-11-29(12-4-1)30-19-21-32(22-20-30)40-27-41(48-44(47-40)33-14-5-2-6-15-33)34-24-26-39(45-28-34)43-37-25-23-31-13-7-8-16-35(31)42(37)36-17-9-10-18-38(36)46-43/h1-28H. The first-order chi connectivity index (χ1) is 23.8. The normalized spacial score (nSPS) is 11.3. The summed E-state index contributed by atoms with van der Waals surface area (Å²) in [4.78, 5) is 20.2. The van der Waals surface area contributed by atoms with E-state index >= 15 is 0 Å². The molecule has 4 nitrogen and oxygen atoms in total. The fourth-order valence-electron chi connectivity index (χ4n) is 6.53. The molecule has 0 fully saturated rings. The van der Waals surface area contributed by atoms with E-state index in [1.54, 1.807) is 0 Å². The summed E-state index contributed by atoms with van der Waals surface area (Å²) in [6.45, 7) is 0. The summed E-state index contributed by atoms with van der Waals surface area (Å²) in [5.74, 6) is 0.674. The van der Waals surface area contributed by atoms with Gasteiger partial charge in [-0.25, -0.2) is 15.0 Å². The third-order valence-corrected chi connectivity index (χ3v) is 8.94. The lowest BCUT2D eigenvalue weighted by Gasteiger charge is -2.13. The number of hydrogen-bond acceptors (Lipinski definition) is 4. The molecule has 0 N–H and O–H groups in total. The average molecular weight is 613 g/mol. The summed E-state index contributed by atoms with van der Waals surface area (Å²) in [5.41, 5.74) is 9.56. The first-order valence-corrected chi connectivity index (χ1v) is 16.1. The zero-order valence-corrected chi connectivity index (χ0v) is 26.0. The summed E-state index contributed by atoms with van der Waals surface area (Å²) in [6, 6.07) is 56.5. The summed E-state index contributed by atoms with van der Waals surface area (Å²) < 4.78 is 0. The van der Waals surface area contributed by atoms with Gasteiger partial charge in [-0.1, -0.05) is 140 Å². The van der Waals surface area contributed by atoms with Crippen molar-refractivity contribution < 1.29 is 0 Å². The van der Waals surface area contributed by atoms with Gasteiger partial charge in [0.25, 0.3) is 0 Å². The Labute approximate surface area is 278 Å². The van der Waals surface area contributed by atoms with Crippen LogP contribution in [0.4, 0.5) is 0 Å². The number of benzene rings is 6. The first-order valence-electron chi connectivity index (χ1n) is 16.1. The fourth-order valence-corrected chi connectivity index (χ4v) is 6.53. The summed E-state index contributed by atoms with van der Waals surface area (Å²) >= 11 is 0. The van der Waals surface area contributed by atoms with E-state index < -0.39 is 0 Å². The van der Waals surface area contributed by atoms with Gasteiger partial charge in [0.15, 0.2) is 5.82 Å². The molecular weight excluding hydrogens is 585 g/mol. The van der Waals surface area contributed by atoms with Gasteiger partial charge in [-0.15, -0.1) is 0 Å². The molecule has 0 aliphatic rings. The predicted molar refractivity (Wildman–Crippen MR) is 197 cm³/mol. The SMILES string of the molecule is c1ccc(-c2ccc(-c3cc(-c4ccc(-c5nc6ccccc6c6c5ccc5ccccc56)nc4)nc(-c4ccccc4)n3)cc2)cc1. The number of fused-ring (bicyclic) bond motifs is 5. The van der Waals surface area contributed by atoms with E-state index in [0.717, 1.165) is 55.8 Å². The quantitative estimate of drug-likeness (QED) is 0.181. The molecule has 0 amide bonds. The molecule has 9 rings (SSSR count). The van der Waals surface area contributed by atoms with Gasteiger partial charge in [-0.3, -0.25) is 4.98 Å². The second-order valence-corrected chi connectivity index (χ2v) is 11.9. The van der Waals surface area contributed by atoms with Crippen molar-refractivity contribution in [3.8, 4) is 56.4 Å². The van der Waals surface area contributed by atoms with Crippen LogP contribution in [0.15, 0.2) is 170 Å². The maximum Gasteiger partial charge on any atom is 0.160 e. The van der Waals surface area contributed by atoms with Crippen LogP contribution >= 0.6 is 0 Å². The second-order valence-electron chi connectivity index (χ2n) is 11.9. The van der Waals surface area contributed by atoms with Crippen molar-refractivity contribution in [3.63, 3.8) is 0 Å². The molecule has 0 radical (unpaired) electrons. The van der Waals surface area contributed by atoms with Gasteiger partial charge in [0.1, 0.15) is 0 Å². The molecule has 48 heavy (non-hydrogen) atoms. The highest BCUT2D eigenvalue weighted by Gasteiger charge is 2.15. The molecule has 0 unspecified atom stereocenters. The maximum atomic E-state index is 5.13. The van der Waals surface area contributed by atoms with Crippen LogP contribution in [0.5, 0.6) is 0 Å². The molecule has 0 atom stereocenters. The lowest BCUT2D eigenvalue weighted by molar-refractivity contribution is 1.18. The van der Waals surface area contributed by atoms with Gasteiger partial charge < -0.3 is 0 Å². The highest BCUT2D eigenvalue weighted by Crippen LogP contribution is 2.37. The molecular formula is C44H28N4. The van der Waals surface area contributed by atoms with Crippen molar-refractivity contribution in [3.05, 3.63) is 170 Å². The number of rotatable bonds is 5. The second kappa shape index (κ2) is 11.7. The van der Waals surface area contributed by atoms with Gasteiger partial charge in [-0.2, -0.15) is 0 Å². The van der Waals surface area contributed by atoms with Gasteiger partial charge in [0.05, 0.1) is 28.3 Å². The molecule has 0 aliphatic carbocycles. The van der Waals surface area contributed by atoms with Crippen molar-refractivity contribution in [2.45, 2.75) is 0 Å². The molecule has 0 spiro atoms. The van der Waals surface area contributed by atoms with Crippen LogP contribution in [-0.4, -0.2) is 19.9 Å². The molecule has 9 aromatic rings. The van der Waals surface area contributed by atoms with Crippen molar-refractivity contribution in [1.82, 2.24) is 19.9 Å². The largest absolute Gasteiger partial charge is 0.254 e. The minimum atomic E-state index is 0.674. The fraction of sp³-hybridized carbons (Fsp3) is 0. The lowest BCUT2D eigenvalue weighted by atomic mass is 9.96. The van der Waals surface area contributed by atoms with Crippen LogP contribution in [0, 0.1) is 0 Å². The minimum Gasteiger partial charge on any atom is -0.254 e. The monoisotopic (exact) mass is 612 g/mol. The zero-order valence-electron chi connectivity index (χ0n) is 26.0. The Balaban J connectivity index is 1.15. The van der Waals surface area contributed by atoms with Gasteiger partial charge in [-0.05, 0) is 46.2 Å². The van der Waals surface area contributed by atoms with E-state index in [-0.39, 0.29) is 0 Å². The smallest absolute Gasteiger partial charge is 0.160 e. The van der Waals surface area contributed by atoms with Crippen LogP contribution in [0.3, 0.4) is 0 Å². The topological polar surface area (TPSA) is 51.6 Å². The number of nitrogens with zero attached hydrogens (tertiary/aromatic N) is 4. The summed E-state index contributed by atoms with van der Waals surface area (Å²) in [5, 5.41) is 5.85. The summed E-state index contributed by atoms with van der Waals surface area (Å²) in [7, 11) is 0. The molecule has 3 heterocycles. The highest BCUT2D eigenvalue weighted by molar-refractivity contribution is 6.22. The Hall–Kier alpha value is -6.52. The van der Waals surface area contributed by atoms with Gasteiger partial charge in [0.2, 0.25) is 0 Å². The zero-order chi connectivity index (χ0) is 31.9. The van der Waals surface area contributed by atoms with Crippen molar-refractivity contribution >= 4 is 32.4 Å². The van der Waals surface area contributed by atoms with E-state index in [4.69, 9.17) is 19.9 Å². The van der Waals surface area contributed by atoms with E-state index in [1.165, 1.54) is 27.3 Å². The molecule has 0 bridgehead atoms. The van der Waals surface area contributed by atoms with Crippen molar-refractivity contribution in [2.75, 3.05) is 0 Å². The highest BCUT2D eigenvalue weighted by atomic mass is 14.9.